The standard InChI is InChI=1S/C24H26N2O4S2/c1-4-30-24(28)21-17-7-5-6-8-19(17)32-23(21)26-20(27)13-31-22-14(2)11-15-9-10-16(29-3)12-18(15)25-22/h9-12H,4-8,13H2,1-3H3,(H,26,27). The van der Waals surface area contributed by atoms with E-state index >= 15 is 0 Å². The number of amides is 1. The van der Waals surface area contributed by atoms with Crippen LogP contribution in [0.3, 0.4) is 0 Å². The third kappa shape index (κ3) is 4.76. The SMILES string of the molecule is CCOC(=O)c1c(NC(=O)CSc2nc3cc(OC)ccc3cc2C)sc2c1CCCC2. The van der Waals surface area contributed by atoms with E-state index in [1.807, 2.05) is 25.1 Å². The first-order valence-electron chi connectivity index (χ1n) is 10.7. The van der Waals surface area contributed by atoms with Crippen LogP contribution in [-0.4, -0.2) is 36.3 Å². The third-order valence-electron chi connectivity index (χ3n) is 5.41. The Balaban J connectivity index is 1.50. The molecule has 0 fully saturated rings. The highest BCUT2D eigenvalue weighted by atomic mass is 32.2. The molecule has 32 heavy (non-hydrogen) atoms. The number of pyridine rings is 1. The number of thiophene rings is 1. The molecule has 6 nitrogen and oxygen atoms in total. The van der Waals surface area contributed by atoms with Gasteiger partial charge in [0, 0.05) is 16.3 Å². The van der Waals surface area contributed by atoms with Gasteiger partial charge in [0.2, 0.25) is 5.91 Å². The lowest BCUT2D eigenvalue weighted by molar-refractivity contribution is -0.113. The topological polar surface area (TPSA) is 77.5 Å². The summed E-state index contributed by atoms with van der Waals surface area (Å²) >= 11 is 2.89. The van der Waals surface area contributed by atoms with Crippen molar-refractivity contribution in [1.29, 1.82) is 0 Å². The Morgan fingerprint density at radius 1 is 1.22 bits per heavy atom. The molecule has 0 atom stereocenters. The first kappa shape index (κ1) is 22.6. The van der Waals surface area contributed by atoms with Crippen molar-refractivity contribution < 1.29 is 19.1 Å². The van der Waals surface area contributed by atoms with Crippen LogP contribution >= 0.6 is 23.1 Å². The Morgan fingerprint density at radius 2 is 2.03 bits per heavy atom. The number of anilines is 1. The molecule has 1 aliphatic rings. The molecule has 0 saturated heterocycles. The number of esters is 1. The van der Waals surface area contributed by atoms with Crippen molar-refractivity contribution in [2.24, 2.45) is 0 Å². The Hall–Kier alpha value is -2.58. The molecule has 1 aliphatic carbocycles. The second-order valence-corrected chi connectivity index (χ2v) is 9.71. The predicted octanol–water partition coefficient (Wildman–Crippen LogP) is 5.40. The molecule has 1 amide bonds. The third-order valence-corrected chi connectivity index (χ3v) is 7.71. The quantitative estimate of drug-likeness (QED) is 0.368. The maximum absolute atomic E-state index is 12.8. The first-order chi connectivity index (χ1) is 15.5. The van der Waals surface area contributed by atoms with Crippen molar-refractivity contribution in [2.75, 3.05) is 24.8 Å². The molecular weight excluding hydrogens is 444 g/mol. The molecule has 1 aromatic carbocycles. The molecular formula is C24H26N2O4S2. The molecule has 168 valence electrons. The highest BCUT2D eigenvalue weighted by Gasteiger charge is 2.27. The van der Waals surface area contributed by atoms with Gasteiger partial charge in [-0.15, -0.1) is 11.3 Å². The van der Waals surface area contributed by atoms with Crippen LogP contribution in [0.5, 0.6) is 5.75 Å². The van der Waals surface area contributed by atoms with Gasteiger partial charge < -0.3 is 14.8 Å². The number of carbonyl (C=O) groups is 2. The van der Waals surface area contributed by atoms with Gasteiger partial charge in [0.05, 0.1) is 30.5 Å². The number of nitrogens with one attached hydrogen (secondary N) is 1. The molecule has 1 N–H and O–H groups in total. The number of ether oxygens (including phenoxy) is 2. The molecule has 4 rings (SSSR count). The molecule has 2 heterocycles. The molecule has 2 aromatic heterocycles. The summed E-state index contributed by atoms with van der Waals surface area (Å²) < 4.78 is 10.6. The Bertz CT molecular complexity index is 1170. The van der Waals surface area contributed by atoms with Crippen molar-refractivity contribution in [2.45, 2.75) is 44.6 Å². The monoisotopic (exact) mass is 470 g/mol. The zero-order valence-electron chi connectivity index (χ0n) is 18.4. The average molecular weight is 471 g/mol. The minimum atomic E-state index is -0.351. The number of rotatable bonds is 7. The normalized spacial score (nSPS) is 13.0. The van der Waals surface area contributed by atoms with Crippen LogP contribution in [0.4, 0.5) is 5.00 Å². The number of methoxy groups -OCH3 is 1. The Kier molecular flexibility index (Phi) is 7.01. The number of benzene rings is 1. The number of hydrogen-bond acceptors (Lipinski definition) is 7. The summed E-state index contributed by atoms with van der Waals surface area (Å²) in [6.45, 7) is 4.09. The van der Waals surface area contributed by atoms with E-state index in [-0.39, 0.29) is 17.6 Å². The number of fused-ring (bicyclic) bond motifs is 2. The highest BCUT2D eigenvalue weighted by molar-refractivity contribution is 8.00. The average Bonchev–Trinajstić information content (AvgIpc) is 3.15. The van der Waals surface area contributed by atoms with Crippen LogP contribution in [0.1, 0.15) is 46.1 Å². The van der Waals surface area contributed by atoms with E-state index in [2.05, 4.69) is 11.4 Å². The van der Waals surface area contributed by atoms with Crippen molar-refractivity contribution >= 4 is 50.9 Å². The molecule has 3 aromatic rings. The smallest absolute Gasteiger partial charge is 0.341 e. The second-order valence-electron chi connectivity index (χ2n) is 7.64. The van der Waals surface area contributed by atoms with Crippen LogP contribution in [-0.2, 0) is 22.4 Å². The van der Waals surface area contributed by atoms with Gasteiger partial charge in [-0.05, 0) is 68.9 Å². The van der Waals surface area contributed by atoms with Crippen LogP contribution in [0.25, 0.3) is 10.9 Å². The fourth-order valence-corrected chi connectivity index (χ4v) is 5.96. The van der Waals surface area contributed by atoms with Crippen molar-refractivity contribution in [1.82, 2.24) is 4.98 Å². The van der Waals surface area contributed by atoms with Crippen LogP contribution in [0, 0.1) is 6.92 Å². The van der Waals surface area contributed by atoms with Gasteiger partial charge in [-0.2, -0.15) is 0 Å². The lowest BCUT2D eigenvalue weighted by atomic mass is 9.95. The van der Waals surface area contributed by atoms with Crippen LogP contribution < -0.4 is 10.1 Å². The summed E-state index contributed by atoms with van der Waals surface area (Å²) in [6.07, 6.45) is 3.96. The van der Waals surface area contributed by atoms with E-state index < -0.39 is 0 Å². The minimum Gasteiger partial charge on any atom is -0.497 e. The summed E-state index contributed by atoms with van der Waals surface area (Å²) in [5, 5.41) is 5.40. The summed E-state index contributed by atoms with van der Waals surface area (Å²) in [5.74, 6) is 0.436. The molecule has 8 heteroatoms. The maximum atomic E-state index is 12.8. The number of carbonyl (C=O) groups excluding carboxylic acids is 2. The Morgan fingerprint density at radius 3 is 2.81 bits per heavy atom. The van der Waals surface area contributed by atoms with Crippen molar-refractivity contribution in [3.8, 4) is 5.75 Å². The lowest BCUT2D eigenvalue weighted by Crippen LogP contribution is -2.17. The van der Waals surface area contributed by atoms with Gasteiger partial charge in [-0.1, -0.05) is 11.8 Å². The second kappa shape index (κ2) is 9.92. The molecule has 0 radical (unpaired) electrons. The fourth-order valence-electron chi connectivity index (χ4n) is 3.88. The van der Waals surface area contributed by atoms with E-state index in [9.17, 15) is 9.59 Å². The number of aryl methyl sites for hydroxylation is 2. The van der Waals surface area contributed by atoms with Crippen LogP contribution in [0.2, 0.25) is 0 Å². The minimum absolute atomic E-state index is 0.161. The van der Waals surface area contributed by atoms with Gasteiger partial charge >= 0.3 is 5.97 Å². The van der Waals surface area contributed by atoms with Gasteiger partial charge in [0.1, 0.15) is 15.8 Å². The van der Waals surface area contributed by atoms with Crippen molar-refractivity contribution in [3.05, 3.63) is 45.8 Å². The number of nitrogens with zero attached hydrogens (tertiary/aromatic N) is 1. The molecule has 0 bridgehead atoms. The van der Waals surface area contributed by atoms with E-state index in [4.69, 9.17) is 14.5 Å². The van der Waals surface area contributed by atoms with Gasteiger partial charge in [0.25, 0.3) is 0 Å². The Labute approximate surface area is 195 Å². The maximum Gasteiger partial charge on any atom is 0.341 e. The van der Waals surface area contributed by atoms with Gasteiger partial charge in [-0.25, -0.2) is 9.78 Å². The molecule has 0 spiro atoms. The van der Waals surface area contributed by atoms with Gasteiger partial charge in [0.15, 0.2) is 0 Å². The van der Waals surface area contributed by atoms with E-state index in [1.165, 1.54) is 28.0 Å². The summed E-state index contributed by atoms with van der Waals surface area (Å²) in [6, 6.07) is 7.84. The van der Waals surface area contributed by atoms with Crippen LogP contribution in [0.15, 0.2) is 29.3 Å². The van der Waals surface area contributed by atoms with Crippen molar-refractivity contribution in [3.63, 3.8) is 0 Å². The molecule has 0 saturated carbocycles. The fraction of sp³-hybridized carbons (Fsp3) is 0.375. The number of aromatic nitrogens is 1. The number of thioether (sulfide) groups is 1. The first-order valence-corrected chi connectivity index (χ1v) is 12.5. The predicted molar refractivity (Wildman–Crippen MR) is 129 cm³/mol. The highest BCUT2D eigenvalue weighted by Crippen LogP contribution is 2.39. The zero-order chi connectivity index (χ0) is 22.7. The summed E-state index contributed by atoms with van der Waals surface area (Å²) in [7, 11) is 1.63. The van der Waals surface area contributed by atoms with E-state index in [0.717, 1.165) is 58.5 Å². The summed E-state index contributed by atoms with van der Waals surface area (Å²) in [5.41, 5.74) is 3.42. The number of hydrogen-bond donors (Lipinski definition) is 1. The van der Waals surface area contributed by atoms with Gasteiger partial charge in [-0.3, -0.25) is 4.79 Å². The largest absolute Gasteiger partial charge is 0.497 e. The van der Waals surface area contributed by atoms with E-state index in [0.29, 0.717) is 17.2 Å². The zero-order valence-corrected chi connectivity index (χ0v) is 20.1. The lowest BCUT2D eigenvalue weighted by Gasteiger charge is -2.12. The molecule has 0 aliphatic heterocycles. The molecule has 0 unspecified atom stereocenters. The van der Waals surface area contributed by atoms with E-state index in [1.54, 1.807) is 14.0 Å². The summed E-state index contributed by atoms with van der Waals surface area (Å²) in [4.78, 5) is 31.3.